The Bertz CT molecular complexity index is 766. The Kier molecular flexibility index (Phi) is 4.98. The molecule has 3 rings (SSSR count). The van der Waals surface area contributed by atoms with Crippen molar-refractivity contribution >= 4 is 11.0 Å². The van der Waals surface area contributed by atoms with Crippen LogP contribution in [0.4, 0.5) is 0 Å². The van der Waals surface area contributed by atoms with Gasteiger partial charge in [-0.1, -0.05) is 46.0 Å². The van der Waals surface area contributed by atoms with Crippen LogP contribution >= 0.6 is 0 Å². The van der Waals surface area contributed by atoms with E-state index in [0.29, 0.717) is 23.0 Å². The third kappa shape index (κ3) is 3.09. The van der Waals surface area contributed by atoms with E-state index in [1.54, 1.807) is 6.07 Å². The maximum atomic E-state index is 12.1. The van der Waals surface area contributed by atoms with Gasteiger partial charge in [0.05, 0.1) is 5.39 Å². The van der Waals surface area contributed by atoms with Crippen molar-refractivity contribution in [3.05, 3.63) is 39.7 Å². The standard InChI is InChI=1S/C21H28O3/c1-3-5-9-21(10-7-6-8-11-21)16-13-18(22)17-12-15(4-2)20(23)24-19(17)14-16/h12-14,22H,3-11H2,1-2H3. The summed E-state index contributed by atoms with van der Waals surface area (Å²) < 4.78 is 5.53. The lowest BCUT2D eigenvalue weighted by molar-refractivity contribution is 0.266. The topological polar surface area (TPSA) is 50.4 Å². The molecule has 130 valence electrons. The van der Waals surface area contributed by atoms with E-state index in [2.05, 4.69) is 6.92 Å². The first kappa shape index (κ1) is 17.1. The van der Waals surface area contributed by atoms with Crippen LogP contribution in [0, 0.1) is 0 Å². The minimum Gasteiger partial charge on any atom is -0.507 e. The third-order valence-corrected chi connectivity index (χ3v) is 5.72. The van der Waals surface area contributed by atoms with Crippen molar-refractivity contribution in [3.8, 4) is 5.75 Å². The number of hydrogen-bond acceptors (Lipinski definition) is 3. The van der Waals surface area contributed by atoms with Crippen molar-refractivity contribution in [2.75, 3.05) is 0 Å². The number of aryl methyl sites for hydroxylation is 1. The Hall–Kier alpha value is -1.77. The average Bonchev–Trinajstić information content (AvgIpc) is 2.60. The molecule has 1 aromatic heterocycles. The number of hydrogen-bond donors (Lipinski definition) is 1. The van der Waals surface area contributed by atoms with Crippen LogP contribution in [0.25, 0.3) is 11.0 Å². The molecule has 1 heterocycles. The predicted molar refractivity (Wildman–Crippen MR) is 97.8 cm³/mol. The highest BCUT2D eigenvalue weighted by Crippen LogP contribution is 2.45. The Morgan fingerprint density at radius 2 is 1.88 bits per heavy atom. The summed E-state index contributed by atoms with van der Waals surface area (Å²) in [6.07, 6.45) is 10.2. The van der Waals surface area contributed by atoms with E-state index < -0.39 is 0 Å². The van der Waals surface area contributed by atoms with Gasteiger partial charge in [-0.3, -0.25) is 0 Å². The average molecular weight is 328 g/mol. The lowest BCUT2D eigenvalue weighted by atomic mass is 9.66. The van der Waals surface area contributed by atoms with Crippen LogP contribution < -0.4 is 5.63 Å². The summed E-state index contributed by atoms with van der Waals surface area (Å²) in [6.45, 7) is 4.14. The Morgan fingerprint density at radius 1 is 1.12 bits per heavy atom. The van der Waals surface area contributed by atoms with E-state index in [1.165, 1.54) is 32.1 Å². The molecule has 0 unspecified atom stereocenters. The fourth-order valence-electron chi connectivity index (χ4n) is 4.22. The van der Waals surface area contributed by atoms with E-state index in [-0.39, 0.29) is 16.8 Å². The zero-order valence-electron chi connectivity index (χ0n) is 14.9. The highest BCUT2D eigenvalue weighted by Gasteiger charge is 2.34. The van der Waals surface area contributed by atoms with Gasteiger partial charge >= 0.3 is 5.63 Å². The van der Waals surface area contributed by atoms with Crippen LogP contribution in [0.5, 0.6) is 5.75 Å². The number of phenolic OH excluding ortho intramolecular Hbond substituents is 1. The van der Waals surface area contributed by atoms with Crippen LogP contribution in [0.2, 0.25) is 0 Å². The molecule has 1 aromatic carbocycles. The van der Waals surface area contributed by atoms with E-state index in [0.717, 1.165) is 24.8 Å². The lowest BCUT2D eigenvalue weighted by Crippen LogP contribution is -2.29. The summed E-state index contributed by atoms with van der Waals surface area (Å²) in [4.78, 5) is 12.1. The summed E-state index contributed by atoms with van der Waals surface area (Å²) >= 11 is 0. The molecule has 0 saturated heterocycles. The zero-order valence-corrected chi connectivity index (χ0v) is 14.9. The normalized spacial score (nSPS) is 17.2. The molecule has 0 radical (unpaired) electrons. The minimum atomic E-state index is -0.284. The van der Waals surface area contributed by atoms with Gasteiger partial charge in [-0.25, -0.2) is 4.79 Å². The van der Waals surface area contributed by atoms with Crippen LogP contribution in [0.1, 0.15) is 76.3 Å². The van der Waals surface area contributed by atoms with Crippen molar-refractivity contribution < 1.29 is 9.52 Å². The van der Waals surface area contributed by atoms with Crippen molar-refractivity contribution in [1.82, 2.24) is 0 Å². The predicted octanol–water partition coefficient (Wildman–Crippen LogP) is 5.45. The fraction of sp³-hybridized carbons (Fsp3) is 0.571. The summed E-state index contributed by atoms with van der Waals surface area (Å²) in [6, 6.07) is 5.71. The van der Waals surface area contributed by atoms with Gasteiger partial charge in [-0.15, -0.1) is 0 Å². The van der Waals surface area contributed by atoms with Gasteiger partial charge in [0, 0.05) is 5.56 Å². The van der Waals surface area contributed by atoms with Crippen LogP contribution in [-0.2, 0) is 11.8 Å². The number of benzene rings is 1. The Balaban J connectivity index is 2.12. The first-order chi connectivity index (χ1) is 11.6. The largest absolute Gasteiger partial charge is 0.507 e. The first-order valence-corrected chi connectivity index (χ1v) is 9.40. The molecule has 0 spiro atoms. The van der Waals surface area contributed by atoms with E-state index in [4.69, 9.17) is 4.42 Å². The van der Waals surface area contributed by atoms with Crippen molar-refractivity contribution in [2.24, 2.45) is 0 Å². The third-order valence-electron chi connectivity index (χ3n) is 5.72. The molecule has 0 amide bonds. The molecule has 1 saturated carbocycles. The molecule has 3 heteroatoms. The zero-order chi connectivity index (χ0) is 17.2. The molecule has 0 aliphatic heterocycles. The number of fused-ring (bicyclic) bond motifs is 1. The van der Waals surface area contributed by atoms with Crippen LogP contribution in [-0.4, -0.2) is 5.11 Å². The molecule has 1 aliphatic carbocycles. The van der Waals surface area contributed by atoms with Gasteiger partial charge in [-0.2, -0.15) is 0 Å². The molecule has 2 aromatic rings. The number of unbranched alkanes of at least 4 members (excludes halogenated alkanes) is 1. The van der Waals surface area contributed by atoms with E-state index >= 15 is 0 Å². The molecule has 0 bridgehead atoms. The van der Waals surface area contributed by atoms with Gasteiger partial charge in [0.25, 0.3) is 0 Å². The summed E-state index contributed by atoms with van der Waals surface area (Å²) in [5.74, 6) is 0.238. The maximum absolute atomic E-state index is 12.1. The Labute approximate surface area is 143 Å². The first-order valence-electron chi connectivity index (χ1n) is 9.40. The van der Waals surface area contributed by atoms with Crippen molar-refractivity contribution in [2.45, 2.75) is 77.0 Å². The smallest absolute Gasteiger partial charge is 0.339 e. The molecule has 1 fully saturated rings. The minimum absolute atomic E-state index is 0.127. The summed E-state index contributed by atoms with van der Waals surface area (Å²) in [7, 11) is 0. The molecular weight excluding hydrogens is 300 g/mol. The quantitative estimate of drug-likeness (QED) is 0.742. The van der Waals surface area contributed by atoms with Gasteiger partial charge in [0.1, 0.15) is 11.3 Å². The van der Waals surface area contributed by atoms with Gasteiger partial charge in [0.2, 0.25) is 0 Å². The van der Waals surface area contributed by atoms with Crippen molar-refractivity contribution in [3.63, 3.8) is 0 Å². The fourth-order valence-corrected chi connectivity index (χ4v) is 4.22. The SMILES string of the molecule is CCCCC1(c2cc(O)c3cc(CC)c(=O)oc3c2)CCCCC1. The van der Waals surface area contributed by atoms with Gasteiger partial charge in [0.15, 0.2) is 0 Å². The van der Waals surface area contributed by atoms with E-state index in [1.807, 2.05) is 19.1 Å². The summed E-state index contributed by atoms with van der Waals surface area (Å²) in [5.41, 5.74) is 2.13. The molecule has 1 N–H and O–H groups in total. The van der Waals surface area contributed by atoms with Gasteiger partial charge < -0.3 is 9.52 Å². The number of rotatable bonds is 5. The molecule has 0 atom stereocenters. The monoisotopic (exact) mass is 328 g/mol. The highest BCUT2D eigenvalue weighted by molar-refractivity contribution is 5.84. The molecule has 24 heavy (non-hydrogen) atoms. The highest BCUT2D eigenvalue weighted by atomic mass is 16.4. The second kappa shape index (κ2) is 7.00. The van der Waals surface area contributed by atoms with Crippen LogP contribution in [0.15, 0.2) is 27.4 Å². The number of phenols is 1. The van der Waals surface area contributed by atoms with Gasteiger partial charge in [-0.05, 0) is 54.9 Å². The van der Waals surface area contributed by atoms with Crippen molar-refractivity contribution in [1.29, 1.82) is 0 Å². The van der Waals surface area contributed by atoms with E-state index in [9.17, 15) is 9.90 Å². The molecule has 3 nitrogen and oxygen atoms in total. The Morgan fingerprint density at radius 3 is 2.54 bits per heavy atom. The molecular formula is C21H28O3. The maximum Gasteiger partial charge on any atom is 0.339 e. The second-order valence-electron chi connectivity index (χ2n) is 7.26. The summed E-state index contributed by atoms with van der Waals surface area (Å²) in [5, 5.41) is 11.2. The molecule has 1 aliphatic rings. The lowest BCUT2D eigenvalue weighted by Gasteiger charge is -2.38. The van der Waals surface area contributed by atoms with Crippen LogP contribution in [0.3, 0.4) is 0 Å². The second-order valence-corrected chi connectivity index (χ2v) is 7.26. The number of aromatic hydroxyl groups is 1.